The minimum atomic E-state index is 0.280. The van der Waals surface area contributed by atoms with Crippen molar-refractivity contribution in [2.45, 2.75) is 57.5 Å². The van der Waals surface area contributed by atoms with Gasteiger partial charge in [-0.05, 0) is 48.2 Å². The number of ether oxygens (including phenoxy) is 1. The Kier molecular flexibility index (Phi) is 6.92. The third-order valence-electron chi connectivity index (χ3n) is 5.02. The molecule has 0 saturated carbocycles. The number of hydrazine groups is 1. The zero-order valence-electron chi connectivity index (χ0n) is 15.7. The number of nitrogen functional groups attached to an aromatic ring is 1. The van der Waals surface area contributed by atoms with Crippen LogP contribution in [0.25, 0.3) is 0 Å². The summed E-state index contributed by atoms with van der Waals surface area (Å²) < 4.78 is 5.86. The lowest BCUT2D eigenvalue weighted by Gasteiger charge is -2.12. The lowest BCUT2D eigenvalue weighted by atomic mass is 9.97. The molecular weight excluding hydrogens is 322 g/mol. The minimum absolute atomic E-state index is 0.280. The molecule has 1 aliphatic heterocycles. The molecular formula is C22H31N3O. The highest BCUT2D eigenvalue weighted by Gasteiger charge is 2.26. The summed E-state index contributed by atoms with van der Waals surface area (Å²) >= 11 is 0. The van der Waals surface area contributed by atoms with Gasteiger partial charge in [0.25, 0.3) is 0 Å². The van der Waals surface area contributed by atoms with Crippen molar-refractivity contribution in [3.05, 3.63) is 59.7 Å². The van der Waals surface area contributed by atoms with E-state index >= 15 is 0 Å². The van der Waals surface area contributed by atoms with Crippen molar-refractivity contribution in [2.24, 2.45) is 0 Å². The number of anilines is 1. The van der Waals surface area contributed by atoms with Gasteiger partial charge in [-0.15, -0.1) is 0 Å². The van der Waals surface area contributed by atoms with Crippen LogP contribution in [0.3, 0.4) is 0 Å². The maximum atomic E-state index is 5.90. The fraction of sp³-hybridized carbons (Fsp3) is 0.455. The molecule has 0 spiro atoms. The monoisotopic (exact) mass is 353 g/mol. The van der Waals surface area contributed by atoms with Crippen LogP contribution >= 0.6 is 0 Å². The van der Waals surface area contributed by atoms with Gasteiger partial charge in [0.2, 0.25) is 0 Å². The Morgan fingerprint density at radius 3 is 2.38 bits per heavy atom. The maximum Gasteiger partial charge on any atom is 0.119 e. The van der Waals surface area contributed by atoms with Crippen LogP contribution in [0, 0.1) is 0 Å². The van der Waals surface area contributed by atoms with Crippen molar-refractivity contribution in [3.63, 3.8) is 0 Å². The maximum absolute atomic E-state index is 5.90. The van der Waals surface area contributed by atoms with Gasteiger partial charge in [0.15, 0.2) is 0 Å². The van der Waals surface area contributed by atoms with Crippen LogP contribution in [0.4, 0.5) is 5.69 Å². The van der Waals surface area contributed by atoms with E-state index in [0.717, 1.165) is 30.9 Å². The second-order valence-corrected chi connectivity index (χ2v) is 7.13. The van der Waals surface area contributed by atoms with Gasteiger partial charge in [0.1, 0.15) is 5.75 Å². The first-order valence-corrected chi connectivity index (χ1v) is 9.85. The molecule has 4 nitrogen and oxygen atoms in total. The second kappa shape index (κ2) is 9.60. The predicted molar refractivity (Wildman–Crippen MR) is 108 cm³/mol. The predicted octanol–water partition coefficient (Wildman–Crippen LogP) is 4.90. The van der Waals surface area contributed by atoms with Crippen LogP contribution in [0.2, 0.25) is 0 Å². The van der Waals surface area contributed by atoms with Crippen LogP contribution in [0.5, 0.6) is 5.75 Å². The van der Waals surface area contributed by atoms with E-state index in [1.807, 2.05) is 18.2 Å². The smallest absolute Gasteiger partial charge is 0.119 e. The molecule has 0 aromatic heterocycles. The number of hydrogen-bond donors (Lipinski definition) is 3. The molecule has 140 valence electrons. The molecule has 0 radical (unpaired) electrons. The topological polar surface area (TPSA) is 59.3 Å². The van der Waals surface area contributed by atoms with E-state index in [-0.39, 0.29) is 6.04 Å². The molecule has 0 aliphatic carbocycles. The highest BCUT2D eigenvalue weighted by Crippen LogP contribution is 2.32. The van der Waals surface area contributed by atoms with Crippen molar-refractivity contribution in [1.29, 1.82) is 0 Å². The van der Waals surface area contributed by atoms with E-state index in [1.54, 1.807) is 0 Å². The molecule has 2 unspecified atom stereocenters. The fourth-order valence-electron chi connectivity index (χ4n) is 3.46. The Bertz CT molecular complexity index is 671. The average Bonchev–Trinajstić information content (AvgIpc) is 3.15. The molecule has 1 aliphatic rings. The number of unbranched alkanes of at least 4 members (excludes halogenated alkanes) is 4. The van der Waals surface area contributed by atoms with Gasteiger partial charge in [-0.25, -0.2) is 10.9 Å². The van der Waals surface area contributed by atoms with Gasteiger partial charge in [-0.3, -0.25) is 0 Å². The summed E-state index contributed by atoms with van der Waals surface area (Å²) in [5.41, 5.74) is 16.0. The number of nitrogens with one attached hydrogen (secondary N) is 2. The first-order valence-electron chi connectivity index (χ1n) is 9.85. The molecule has 2 aromatic rings. The molecule has 4 N–H and O–H groups in total. The fourth-order valence-corrected chi connectivity index (χ4v) is 3.46. The Morgan fingerprint density at radius 2 is 1.65 bits per heavy atom. The van der Waals surface area contributed by atoms with Gasteiger partial charge in [-0.2, -0.15) is 0 Å². The summed E-state index contributed by atoms with van der Waals surface area (Å²) in [5, 5.41) is 0. The van der Waals surface area contributed by atoms with E-state index in [0.29, 0.717) is 6.04 Å². The summed E-state index contributed by atoms with van der Waals surface area (Å²) in [5.74, 6) is 0.961. The Balaban J connectivity index is 1.47. The average molecular weight is 354 g/mol. The highest BCUT2D eigenvalue weighted by molar-refractivity contribution is 5.42. The summed E-state index contributed by atoms with van der Waals surface area (Å²) in [6.45, 7) is 3.05. The van der Waals surface area contributed by atoms with Crippen molar-refractivity contribution < 1.29 is 4.74 Å². The van der Waals surface area contributed by atoms with Gasteiger partial charge >= 0.3 is 0 Å². The number of benzene rings is 2. The van der Waals surface area contributed by atoms with Crippen molar-refractivity contribution >= 4 is 5.69 Å². The molecule has 2 aromatic carbocycles. The zero-order valence-corrected chi connectivity index (χ0v) is 15.7. The Hall–Kier alpha value is -2.04. The molecule has 2 atom stereocenters. The summed E-state index contributed by atoms with van der Waals surface area (Å²) in [6.07, 6.45) is 7.32. The van der Waals surface area contributed by atoms with Crippen molar-refractivity contribution in [1.82, 2.24) is 10.9 Å². The largest absolute Gasteiger partial charge is 0.494 e. The van der Waals surface area contributed by atoms with Gasteiger partial charge < -0.3 is 10.5 Å². The molecule has 0 bridgehead atoms. The van der Waals surface area contributed by atoms with E-state index in [4.69, 9.17) is 10.5 Å². The van der Waals surface area contributed by atoms with E-state index in [1.165, 1.54) is 36.8 Å². The van der Waals surface area contributed by atoms with Gasteiger partial charge in [0.05, 0.1) is 6.61 Å². The normalized spacial score (nSPS) is 19.6. The van der Waals surface area contributed by atoms with E-state index < -0.39 is 0 Å². The van der Waals surface area contributed by atoms with Gasteiger partial charge in [-0.1, -0.05) is 56.9 Å². The minimum Gasteiger partial charge on any atom is -0.494 e. The van der Waals surface area contributed by atoms with Crippen LogP contribution in [-0.4, -0.2) is 6.61 Å². The van der Waals surface area contributed by atoms with Crippen LogP contribution < -0.4 is 21.3 Å². The Labute approximate surface area is 157 Å². The second-order valence-electron chi connectivity index (χ2n) is 7.13. The molecule has 1 heterocycles. The van der Waals surface area contributed by atoms with Crippen LogP contribution in [0.1, 0.15) is 68.7 Å². The Morgan fingerprint density at radius 1 is 0.923 bits per heavy atom. The number of hydrogen-bond acceptors (Lipinski definition) is 4. The molecule has 0 amide bonds. The third kappa shape index (κ3) is 5.23. The zero-order chi connectivity index (χ0) is 18.2. The summed E-state index contributed by atoms with van der Waals surface area (Å²) in [4.78, 5) is 0. The SMILES string of the molecule is CCCCCCCOc1ccc(C2CC(c3cccc(N)c3)NN2)cc1. The molecule has 1 saturated heterocycles. The first-order chi connectivity index (χ1) is 12.8. The quantitative estimate of drug-likeness (QED) is 0.443. The van der Waals surface area contributed by atoms with Crippen molar-refractivity contribution in [2.75, 3.05) is 12.3 Å². The lowest BCUT2D eigenvalue weighted by Crippen LogP contribution is -2.26. The first kappa shape index (κ1) is 18.7. The van der Waals surface area contributed by atoms with Crippen LogP contribution in [0.15, 0.2) is 48.5 Å². The molecule has 26 heavy (non-hydrogen) atoms. The summed E-state index contributed by atoms with van der Waals surface area (Å²) in [6, 6.07) is 17.1. The summed E-state index contributed by atoms with van der Waals surface area (Å²) in [7, 11) is 0. The van der Waals surface area contributed by atoms with E-state index in [9.17, 15) is 0 Å². The molecule has 3 rings (SSSR count). The lowest BCUT2D eigenvalue weighted by molar-refractivity contribution is 0.304. The van der Waals surface area contributed by atoms with Gasteiger partial charge in [0, 0.05) is 17.8 Å². The number of nitrogens with two attached hydrogens (primary N) is 1. The van der Waals surface area contributed by atoms with Crippen molar-refractivity contribution in [3.8, 4) is 5.75 Å². The van der Waals surface area contributed by atoms with E-state index in [2.05, 4.69) is 48.1 Å². The van der Waals surface area contributed by atoms with Crippen LogP contribution in [-0.2, 0) is 0 Å². The molecule has 1 fully saturated rings. The molecule has 4 heteroatoms. The number of rotatable bonds is 9. The standard InChI is InChI=1S/C22H31N3O/c1-2-3-4-5-6-14-26-20-12-10-17(11-13-20)21-16-22(25-24-21)18-8-7-9-19(23)15-18/h7-13,15,21-22,24-25H,2-6,14,16,23H2,1H3. The highest BCUT2D eigenvalue weighted by atomic mass is 16.5. The third-order valence-corrected chi connectivity index (χ3v) is 5.02.